The lowest BCUT2D eigenvalue weighted by Crippen LogP contribution is -2.54. The highest BCUT2D eigenvalue weighted by molar-refractivity contribution is 7.14. The van der Waals surface area contributed by atoms with E-state index >= 15 is 0 Å². The first kappa shape index (κ1) is 16.0. The SMILES string of the molecule is CC(C)(C)N1CCN(C(=O)c2ccc(C#CCO)s2)CC1. The van der Waals surface area contributed by atoms with Crippen molar-refractivity contribution < 1.29 is 9.90 Å². The van der Waals surface area contributed by atoms with Crippen LogP contribution in [0.25, 0.3) is 0 Å². The van der Waals surface area contributed by atoms with Crippen LogP contribution in [0.5, 0.6) is 0 Å². The summed E-state index contributed by atoms with van der Waals surface area (Å²) in [6.45, 7) is 9.82. The first-order chi connectivity index (χ1) is 9.91. The molecule has 114 valence electrons. The minimum absolute atomic E-state index is 0.0885. The molecule has 0 radical (unpaired) electrons. The Balaban J connectivity index is 1.97. The van der Waals surface area contributed by atoms with Crippen molar-refractivity contribution in [3.05, 3.63) is 21.9 Å². The maximum atomic E-state index is 12.5. The quantitative estimate of drug-likeness (QED) is 0.802. The van der Waals surface area contributed by atoms with Crippen LogP contribution in [0.3, 0.4) is 0 Å². The van der Waals surface area contributed by atoms with E-state index in [0.29, 0.717) is 0 Å². The molecule has 1 aromatic rings. The summed E-state index contributed by atoms with van der Waals surface area (Å²) >= 11 is 1.39. The summed E-state index contributed by atoms with van der Waals surface area (Å²) in [6, 6.07) is 3.66. The van der Waals surface area contributed by atoms with E-state index in [1.54, 1.807) is 0 Å². The van der Waals surface area contributed by atoms with E-state index in [9.17, 15) is 4.79 Å². The Kier molecular flexibility index (Phi) is 5.04. The van der Waals surface area contributed by atoms with Gasteiger partial charge >= 0.3 is 0 Å². The molecular weight excluding hydrogens is 284 g/mol. The number of hydrogen-bond acceptors (Lipinski definition) is 4. The molecule has 1 fully saturated rings. The van der Waals surface area contributed by atoms with Crippen LogP contribution in [0, 0.1) is 11.8 Å². The van der Waals surface area contributed by atoms with E-state index in [1.807, 2.05) is 17.0 Å². The highest BCUT2D eigenvalue weighted by Gasteiger charge is 2.28. The number of aliphatic hydroxyl groups excluding tert-OH is 1. The van der Waals surface area contributed by atoms with Gasteiger partial charge in [0.2, 0.25) is 0 Å². The molecule has 5 heteroatoms. The summed E-state index contributed by atoms with van der Waals surface area (Å²) in [5, 5.41) is 8.69. The molecule has 0 atom stereocenters. The maximum absolute atomic E-state index is 12.5. The maximum Gasteiger partial charge on any atom is 0.264 e. The lowest BCUT2D eigenvalue weighted by molar-refractivity contribution is 0.0455. The Morgan fingerprint density at radius 2 is 1.95 bits per heavy atom. The van der Waals surface area contributed by atoms with Crippen molar-refractivity contribution in [3.8, 4) is 11.8 Å². The molecule has 21 heavy (non-hydrogen) atoms. The Hall–Kier alpha value is -1.35. The summed E-state index contributed by atoms with van der Waals surface area (Å²) in [5.74, 6) is 5.53. The zero-order chi connectivity index (χ0) is 15.5. The molecule has 1 N–H and O–H groups in total. The number of piperazine rings is 1. The van der Waals surface area contributed by atoms with Gasteiger partial charge in [0, 0.05) is 31.7 Å². The van der Waals surface area contributed by atoms with Crippen molar-refractivity contribution >= 4 is 17.2 Å². The number of carbonyl (C=O) groups is 1. The summed E-state index contributed by atoms with van der Waals surface area (Å²) in [4.78, 5) is 18.3. The zero-order valence-corrected chi connectivity index (χ0v) is 13.7. The fourth-order valence-corrected chi connectivity index (χ4v) is 3.23. The number of rotatable bonds is 1. The molecule has 1 amide bonds. The highest BCUT2D eigenvalue weighted by Crippen LogP contribution is 2.20. The molecule has 2 heterocycles. The Bertz CT molecular complexity index is 555. The van der Waals surface area contributed by atoms with Crippen molar-refractivity contribution in [2.45, 2.75) is 26.3 Å². The topological polar surface area (TPSA) is 43.8 Å². The molecule has 1 aromatic heterocycles. The summed E-state index contributed by atoms with van der Waals surface area (Å²) in [6.07, 6.45) is 0. The lowest BCUT2D eigenvalue weighted by atomic mass is 10.0. The molecule has 0 bridgehead atoms. The minimum Gasteiger partial charge on any atom is -0.384 e. The number of amides is 1. The van der Waals surface area contributed by atoms with E-state index in [-0.39, 0.29) is 18.1 Å². The van der Waals surface area contributed by atoms with Crippen LogP contribution in [0.2, 0.25) is 0 Å². The normalized spacial score (nSPS) is 16.5. The van der Waals surface area contributed by atoms with Gasteiger partial charge in [-0.05, 0) is 32.9 Å². The second-order valence-corrected chi connectivity index (χ2v) is 7.16. The van der Waals surface area contributed by atoms with Gasteiger partial charge in [-0.25, -0.2) is 0 Å². The largest absolute Gasteiger partial charge is 0.384 e. The summed E-state index contributed by atoms with van der Waals surface area (Å²) in [5.41, 5.74) is 0.158. The monoisotopic (exact) mass is 306 g/mol. The van der Waals surface area contributed by atoms with Gasteiger partial charge < -0.3 is 10.0 Å². The zero-order valence-electron chi connectivity index (χ0n) is 12.8. The first-order valence-electron chi connectivity index (χ1n) is 7.15. The first-order valence-corrected chi connectivity index (χ1v) is 7.97. The summed E-state index contributed by atoms with van der Waals surface area (Å²) in [7, 11) is 0. The fourth-order valence-electron chi connectivity index (χ4n) is 2.38. The number of thiophene rings is 1. The van der Waals surface area contributed by atoms with Crippen LogP contribution in [0.1, 0.15) is 35.3 Å². The molecule has 1 saturated heterocycles. The number of hydrogen-bond donors (Lipinski definition) is 1. The summed E-state index contributed by atoms with van der Waals surface area (Å²) < 4.78 is 0. The Morgan fingerprint density at radius 1 is 1.29 bits per heavy atom. The average molecular weight is 306 g/mol. The van der Waals surface area contributed by atoms with Gasteiger partial charge in [-0.1, -0.05) is 11.8 Å². The van der Waals surface area contributed by atoms with E-state index in [4.69, 9.17) is 5.11 Å². The van der Waals surface area contributed by atoms with Crippen LogP contribution < -0.4 is 0 Å². The Labute approximate surface area is 130 Å². The molecule has 0 saturated carbocycles. The van der Waals surface area contributed by atoms with Gasteiger partial charge in [-0.3, -0.25) is 9.69 Å². The van der Waals surface area contributed by atoms with Crippen LogP contribution in [-0.2, 0) is 0 Å². The van der Waals surface area contributed by atoms with Crippen molar-refractivity contribution in [1.82, 2.24) is 9.80 Å². The molecular formula is C16H22N2O2S. The van der Waals surface area contributed by atoms with E-state index < -0.39 is 0 Å². The number of aliphatic hydroxyl groups is 1. The molecule has 4 nitrogen and oxygen atoms in total. The van der Waals surface area contributed by atoms with Gasteiger partial charge in [-0.2, -0.15) is 0 Å². The number of carbonyl (C=O) groups excluding carboxylic acids is 1. The molecule has 0 unspecified atom stereocenters. The fraction of sp³-hybridized carbons (Fsp3) is 0.562. The molecule has 0 spiro atoms. The van der Waals surface area contributed by atoms with Gasteiger partial charge in [0.25, 0.3) is 5.91 Å². The standard InChI is InChI=1S/C16H22N2O2S/c1-16(2,3)18-10-8-17(9-11-18)15(20)14-7-6-13(21-14)5-4-12-19/h6-7,19H,8-12H2,1-3H3. The third kappa shape index (κ3) is 4.07. The predicted octanol–water partition coefficient (Wildman–Crippen LogP) is 1.65. The number of nitrogens with zero attached hydrogens (tertiary/aromatic N) is 2. The smallest absolute Gasteiger partial charge is 0.264 e. The van der Waals surface area contributed by atoms with E-state index in [1.165, 1.54) is 11.3 Å². The van der Waals surface area contributed by atoms with Crippen LogP contribution in [-0.4, -0.2) is 59.1 Å². The lowest BCUT2D eigenvalue weighted by Gasteiger charge is -2.42. The van der Waals surface area contributed by atoms with E-state index in [0.717, 1.165) is 35.9 Å². The molecule has 2 rings (SSSR count). The molecule has 1 aliphatic heterocycles. The minimum atomic E-state index is -0.157. The van der Waals surface area contributed by atoms with Gasteiger partial charge in [0.05, 0.1) is 9.75 Å². The average Bonchev–Trinajstić information content (AvgIpc) is 2.92. The predicted molar refractivity (Wildman–Crippen MR) is 85.5 cm³/mol. The van der Waals surface area contributed by atoms with E-state index in [2.05, 4.69) is 37.5 Å². The van der Waals surface area contributed by atoms with Gasteiger partial charge in [0.15, 0.2) is 0 Å². The van der Waals surface area contributed by atoms with Crippen molar-refractivity contribution in [2.75, 3.05) is 32.8 Å². The van der Waals surface area contributed by atoms with Crippen LogP contribution in [0.4, 0.5) is 0 Å². The van der Waals surface area contributed by atoms with Crippen molar-refractivity contribution in [1.29, 1.82) is 0 Å². The third-order valence-corrected chi connectivity index (χ3v) is 4.61. The highest BCUT2D eigenvalue weighted by atomic mass is 32.1. The van der Waals surface area contributed by atoms with Crippen LogP contribution >= 0.6 is 11.3 Å². The second-order valence-electron chi connectivity index (χ2n) is 6.07. The van der Waals surface area contributed by atoms with Gasteiger partial charge in [-0.15, -0.1) is 11.3 Å². The van der Waals surface area contributed by atoms with Gasteiger partial charge in [0.1, 0.15) is 6.61 Å². The second kappa shape index (κ2) is 6.61. The molecule has 0 aromatic carbocycles. The van der Waals surface area contributed by atoms with Crippen LogP contribution in [0.15, 0.2) is 12.1 Å². The Morgan fingerprint density at radius 3 is 2.52 bits per heavy atom. The van der Waals surface area contributed by atoms with Crippen molar-refractivity contribution in [2.24, 2.45) is 0 Å². The van der Waals surface area contributed by atoms with Crippen molar-refractivity contribution in [3.63, 3.8) is 0 Å². The molecule has 1 aliphatic rings. The third-order valence-electron chi connectivity index (χ3n) is 3.62. The molecule has 0 aliphatic carbocycles.